The average Bonchev–Trinajstić information content (AvgIpc) is 3.14. The van der Waals surface area contributed by atoms with Crippen LogP contribution in [0.5, 0.6) is 11.5 Å². The lowest BCUT2D eigenvalue weighted by Crippen LogP contribution is -2.20. The van der Waals surface area contributed by atoms with Crippen molar-refractivity contribution in [1.82, 2.24) is 0 Å². The summed E-state index contributed by atoms with van der Waals surface area (Å²) in [5.41, 5.74) is 1.24. The van der Waals surface area contributed by atoms with Crippen LogP contribution in [0.25, 0.3) is 0 Å². The van der Waals surface area contributed by atoms with Crippen molar-refractivity contribution in [2.24, 2.45) is 0 Å². The number of nitriles is 1. The Hall–Kier alpha value is -3.00. The normalized spacial score (nSPS) is 13.9. The van der Waals surface area contributed by atoms with Gasteiger partial charge in [-0.05, 0) is 62.1 Å². The standard InChI is InChI=1S/C20H20N2O3/c21-13-15-8-10-17(11-9-15)24-14-20(23)22-16-4-3-7-19(12-16)25-18-5-1-2-6-18/h3-4,7-12,18H,1-2,5-6,14H2,(H,22,23). The molecule has 2 aromatic carbocycles. The molecular formula is C20H20N2O3. The molecule has 128 valence electrons. The molecule has 1 saturated carbocycles. The van der Waals surface area contributed by atoms with Crippen molar-refractivity contribution in [3.05, 3.63) is 54.1 Å². The van der Waals surface area contributed by atoms with Gasteiger partial charge in [0.1, 0.15) is 11.5 Å². The van der Waals surface area contributed by atoms with E-state index in [1.807, 2.05) is 30.3 Å². The van der Waals surface area contributed by atoms with Crippen LogP contribution in [0.3, 0.4) is 0 Å². The predicted octanol–water partition coefficient (Wildman–Crippen LogP) is 3.90. The number of amides is 1. The van der Waals surface area contributed by atoms with E-state index in [2.05, 4.69) is 5.32 Å². The fourth-order valence-electron chi connectivity index (χ4n) is 2.82. The molecule has 3 rings (SSSR count). The van der Waals surface area contributed by atoms with E-state index in [1.54, 1.807) is 24.3 Å². The monoisotopic (exact) mass is 336 g/mol. The molecule has 5 nitrogen and oxygen atoms in total. The van der Waals surface area contributed by atoms with E-state index >= 15 is 0 Å². The number of nitrogens with one attached hydrogen (secondary N) is 1. The van der Waals surface area contributed by atoms with E-state index in [4.69, 9.17) is 14.7 Å². The third kappa shape index (κ3) is 4.98. The highest BCUT2D eigenvalue weighted by molar-refractivity contribution is 5.92. The van der Waals surface area contributed by atoms with Crippen molar-refractivity contribution in [1.29, 1.82) is 5.26 Å². The van der Waals surface area contributed by atoms with Crippen LogP contribution >= 0.6 is 0 Å². The first kappa shape index (κ1) is 16.8. The Balaban J connectivity index is 1.50. The summed E-state index contributed by atoms with van der Waals surface area (Å²) in [5.74, 6) is 1.08. The summed E-state index contributed by atoms with van der Waals surface area (Å²) in [4.78, 5) is 12.0. The zero-order valence-corrected chi connectivity index (χ0v) is 13.9. The Morgan fingerprint density at radius 2 is 1.88 bits per heavy atom. The van der Waals surface area contributed by atoms with Gasteiger partial charge in [0.05, 0.1) is 17.7 Å². The molecule has 1 aliphatic rings. The highest BCUT2D eigenvalue weighted by Crippen LogP contribution is 2.25. The quantitative estimate of drug-likeness (QED) is 0.868. The first-order valence-corrected chi connectivity index (χ1v) is 8.42. The number of nitrogens with zero attached hydrogens (tertiary/aromatic N) is 1. The molecule has 5 heteroatoms. The molecule has 2 aromatic rings. The molecule has 0 radical (unpaired) electrons. The molecule has 0 saturated heterocycles. The van der Waals surface area contributed by atoms with Gasteiger partial charge in [-0.25, -0.2) is 0 Å². The average molecular weight is 336 g/mol. The molecule has 1 N–H and O–H groups in total. The molecule has 0 spiro atoms. The number of hydrogen-bond acceptors (Lipinski definition) is 4. The molecule has 0 atom stereocenters. The highest BCUT2D eigenvalue weighted by Gasteiger charge is 2.16. The van der Waals surface area contributed by atoms with Gasteiger partial charge in [0.2, 0.25) is 0 Å². The van der Waals surface area contributed by atoms with Gasteiger partial charge >= 0.3 is 0 Å². The first-order chi connectivity index (χ1) is 12.2. The Kier molecular flexibility index (Phi) is 5.53. The Bertz CT molecular complexity index is 759. The minimum Gasteiger partial charge on any atom is -0.490 e. The summed E-state index contributed by atoms with van der Waals surface area (Å²) < 4.78 is 11.4. The summed E-state index contributed by atoms with van der Waals surface area (Å²) in [5, 5.41) is 11.6. The number of benzene rings is 2. The van der Waals surface area contributed by atoms with E-state index in [0.29, 0.717) is 17.0 Å². The van der Waals surface area contributed by atoms with Crippen LogP contribution in [0, 0.1) is 11.3 Å². The smallest absolute Gasteiger partial charge is 0.262 e. The second kappa shape index (κ2) is 8.20. The van der Waals surface area contributed by atoms with Gasteiger partial charge in [0, 0.05) is 11.8 Å². The maximum atomic E-state index is 12.0. The second-order valence-electron chi connectivity index (χ2n) is 6.03. The number of carbonyl (C=O) groups excluding carboxylic acids is 1. The van der Waals surface area contributed by atoms with Gasteiger partial charge in [0.15, 0.2) is 6.61 Å². The molecular weight excluding hydrogens is 316 g/mol. The van der Waals surface area contributed by atoms with Gasteiger partial charge in [0.25, 0.3) is 5.91 Å². The van der Waals surface area contributed by atoms with Gasteiger partial charge in [-0.2, -0.15) is 5.26 Å². The fourth-order valence-corrected chi connectivity index (χ4v) is 2.82. The summed E-state index contributed by atoms with van der Waals surface area (Å²) in [6.45, 7) is -0.0976. The fraction of sp³-hybridized carbons (Fsp3) is 0.300. The minimum absolute atomic E-state index is 0.0976. The van der Waals surface area contributed by atoms with Crippen LogP contribution in [0.4, 0.5) is 5.69 Å². The largest absolute Gasteiger partial charge is 0.490 e. The minimum atomic E-state index is -0.248. The Morgan fingerprint density at radius 3 is 2.60 bits per heavy atom. The van der Waals surface area contributed by atoms with Crippen molar-refractivity contribution in [2.45, 2.75) is 31.8 Å². The van der Waals surface area contributed by atoms with Crippen molar-refractivity contribution in [3.8, 4) is 17.6 Å². The van der Waals surface area contributed by atoms with Crippen molar-refractivity contribution >= 4 is 11.6 Å². The van der Waals surface area contributed by atoms with E-state index in [0.717, 1.165) is 18.6 Å². The van der Waals surface area contributed by atoms with Gasteiger partial charge < -0.3 is 14.8 Å². The first-order valence-electron chi connectivity index (χ1n) is 8.42. The van der Waals surface area contributed by atoms with Crippen LogP contribution in [0.15, 0.2) is 48.5 Å². The molecule has 0 heterocycles. The highest BCUT2D eigenvalue weighted by atomic mass is 16.5. The molecule has 1 aliphatic carbocycles. The lowest BCUT2D eigenvalue weighted by Gasteiger charge is -2.14. The van der Waals surface area contributed by atoms with Gasteiger partial charge in [-0.3, -0.25) is 4.79 Å². The lowest BCUT2D eigenvalue weighted by molar-refractivity contribution is -0.118. The Morgan fingerprint density at radius 1 is 1.12 bits per heavy atom. The molecule has 0 bridgehead atoms. The molecule has 0 unspecified atom stereocenters. The van der Waals surface area contributed by atoms with E-state index in [-0.39, 0.29) is 18.6 Å². The van der Waals surface area contributed by atoms with Crippen LogP contribution in [0.1, 0.15) is 31.2 Å². The predicted molar refractivity (Wildman–Crippen MR) is 94.6 cm³/mol. The molecule has 25 heavy (non-hydrogen) atoms. The van der Waals surface area contributed by atoms with Crippen molar-refractivity contribution < 1.29 is 14.3 Å². The van der Waals surface area contributed by atoms with Crippen molar-refractivity contribution in [3.63, 3.8) is 0 Å². The third-order valence-corrected chi connectivity index (χ3v) is 4.08. The summed E-state index contributed by atoms with van der Waals surface area (Å²) in [6, 6.07) is 16.1. The molecule has 1 amide bonds. The second-order valence-corrected chi connectivity index (χ2v) is 6.03. The zero-order chi connectivity index (χ0) is 17.5. The van der Waals surface area contributed by atoms with E-state index in [9.17, 15) is 4.79 Å². The number of hydrogen-bond donors (Lipinski definition) is 1. The molecule has 1 fully saturated rings. The van der Waals surface area contributed by atoms with Gasteiger partial charge in [-0.15, -0.1) is 0 Å². The van der Waals surface area contributed by atoms with Gasteiger partial charge in [-0.1, -0.05) is 6.07 Å². The molecule has 0 aliphatic heterocycles. The van der Waals surface area contributed by atoms with Crippen LogP contribution in [-0.4, -0.2) is 18.6 Å². The summed E-state index contributed by atoms with van der Waals surface area (Å²) >= 11 is 0. The lowest BCUT2D eigenvalue weighted by atomic mass is 10.2. The molecule has 0 aromatic heterocycles. The number of anilines is 1. The summed E-state index contributed by atoms with van der Waals surface area (Å²) in [7, 11) is 0. The SMILES string of the molecule is N#Cc1ccc(OCC(=O)Nc2cccc(OC3CCCC3)c2)cc1. The maximum absolute atomic E-state index is 12.0. The van der Waals surface area contributed by atoms with E-state index in [1.165, 1.54) is 12.8 Å². The third-order valence-electron chi connectivity index (χ3n) is 4.08. The van der Waals surface area contributed by atoms with Crippen LogP contribution < -0.4 is 14.8 Å². The van der Waals surface area contributed by atoms with Crippen LogP contribution in [0.2, 0.25) is 0 Å². The zero-order valence-electron chi connectivity index (χ0n) is 13.9. The topological polar surface area (TPSA) is 71.3 Å². The number of ether oxygens (including phenoxy) is 2. The maximum Gasteiger partial charge on any atom is 0.262 e. The summed E-state index contributed by atoms with van der Waals surface area (Å²) in [6.07, 6.45) is 4.90. The number of rotatable bonds is 6. The Labute approximate surface area is 147 Å². The van der Waals surface area contributed by atoms with Crippen LogP contribution in [-0.2, 0) is 4.79 Å². The van der Waals surface area contributed by atoms with Crippen molar-refractivity contribution in [2.75, 3.05) is 11.9 Å². The number of carbonyl (C=O) groups is 1. The van der Waals surface area contributed by atoms with E-state index < -0.39 is 0 Å².